The Morgan fingerprint density at radius 2 is 1.84 bits per heavy atom. The van der Waals surface area contributed by atoms with Gasteiger partial charge in [-0.25, -0.2) is 9.97 Å². The summed E-state index contributed by atoms with van der Waals surface area (Å²) in [4.78, 5) is 35.7. The number of piperidine rings is 1. The fourth-order valence-electron chi connectivity index (χ4n) is 3.37. The van der Waals surface area contributed by atoms with Gasteiger partial charge in [0, 0.05) is 51.3 Å². The van der Waals surface area contributed by atoms with E-state index < -0.39 is 0 Å². The Morgan fingerprint density at radius 1 is 1.16 bits per heavy atom. The van der Waals surface area contributed by atoms with Crippen molar-refractivity contribution in [3.8, 4) is 11.9 Å². The van der Waals surface area contributed by atoms with Crippen molar-refractivity contribution in [2.75, 3.05) is 26.2 Å². The van der Waals surface area contributed by atoms with Crippen molar-refractivity contribution < 1.29 is 14.3 Å². The summed E-state index contributed by atoms with van der Waals surface area (Å²) in [6, 6.07) is 1.96. The lowest BCUT2D eigenvalue weighted by Gasteiger charge is -2.32. The minimum absolute atomic E-state index is 0.0273. The molecule has 1 aromatic rings. The topological polar surface area (TPSA) is 99.4 Å². The first-order valence-corrected chi connectivity index (χ1v) is 8.50. The molecule has 2 fully saturated rings. The van der Waals surface area contributed by atoms with Crippen molar-refractivity contribution in [3.05, 3.63) is 18.1 Å². The number of nitriles is 1. The van der Waals surface area contributed by atoms with Crippen LogP contribution < -0.4 is 4.74 Å². The molecule has 8 heteroatoms. The second-order valence-electron chi connectivity index (χ2n) is 6.42. The lowest BCUT2D eigenvalue weighted by Crippen LogP contribution is -2.43. The fourth-order valence-corrected chi connectivity index (χ4v) is 3.37. The molecule has 0 unspecified atom stereocenters. The van der Waals surface area contributed by atoms with Crippen molar-refractivity contribution >= 4 is 11.8 Å². The van der Waals surface area contributed by atoms with E-state index in [0.717, 1.165) is 0 Å². The van der Waals surface area contributed by atoms with E-state index in [-0.39, 0.29) is 35.4 Å². The summed E-state index contributed by atoms with van der Waals surface area (Å²) in [5, 5.41) is 9.04. The molecule has 132 valence electrons. The molecule has 2 aliphatic heterocycles. The van der Waals surface area contributed by atoms with Crippen LogP contribution in [-0.4, -0.2) is 63.9 Å². The Labute approximate surface area is 146 Å². The van der Waals surface area contributed by atoms with Gasteiger partial charge < -0.3 is 14.5 Å². The third kappa shape index (κ3) is 3.87. The van der Waals surface area contributed by atoms with E-state index in [9.17, 15) is 9.59 Å². The molecule has 1 aromatic heterocycles. The third-order valence-electron chi connectivity index (χ3n) is 4.80. The predicted molar refractivity (Wildman–Crippen MR) is 87.3 cm³/mol. The van der Waals surface area contributed by atoms with Crippen LogP contribution in [-0.2, 0) is 9.59 Å². The summed E-state index contributed by atoms with van der Waals surface area (Å²) in [5.74, 6) is 0.395. The van der Waals surface area contributed by atoms with Gasteiger partial charge in [-0.3, -0.25) is 9.59 Å². The number of ether oxygens (including phenoxy) is 1. The molecule has 25 heavy (non-hydrogen) atoms. The maximum absolute atomic E-state index is 12.7. The smallest absolute Gasteiger partial charge is 0.251 e. The summed E-state index contributed by atoms with van der Waals surface area (Å²) < 4.78 is 5.77. The average Bonchev–Trinajstić information content (AvgIpc) is 3.10. The zero-order valence-corrected chi connectivity index (χ0v) is 14.2. The maximum Gasteiger partial charge on any atom is 0.251 e. The van der Waals surface area contributed by atoms with Crippen LogP contribution in [0.1, 0.15) is 31.9 Å². The van der Waals surface area contributed by atoms with E-state index in [2.05, 4.69) is 9.97 Å². The average molecular weight is 343 g/mol. The summed E-state index contributed by atoms with van der Waals surface area (Å²) >= 11 is 0. The number of aromatic nitrogens is 2. The van der Waals surface area contributed by atoms with Gasteiger partial charge in [-0.15, -0.1) is 0 Å². The van der Waals surface area contributed by atoms with Gasteiger partial charge in [-0.1, -0.05) is 0 Å². The Kier molecular flexibility index (Phi) is 5.12. The minimum Gasteiger partial charge on any atom is -0.470 e. The van der Waals surface area contributed by atoms with Gasteiger partial charge in [-0.2, -0.15) is 5.26 Å². The molecule has 3 heterocycles. The van der Waals surface area contributed by atoms with Gasteiger partial charge in [0.2, 0.25) is 17.5 Å². The van der Waals surface area contributed by atoms with Crippen LogP contribution in [0.15, 0.2) is 12.4 Å². The highest BCUT2D eigenvalue weighted by Crippen LogP contribution is 2.24. The van der Waals surface area contributed by atoms with Crippen LogP contribution in [0.25, 0.3) is 0 Å². The Balaban J connectivity index is 1.53. The van der Waals surface area contributed by atoms with E-state index in [1.807, 2.05) is 11.0 Å². The first-order chi connectivity index (χ1) is 12.1. The van der Waals surface area contributed by atoms with Gasteiger partial charge >= 0.3 is 0 Å². The van der Waals surface area contributed by atoms with E-state index >= 15 is 0 Å². The highest BCUT2D eigenvalue weighted by atomic mass is 16.5. The minimum atomic E-state index is -0.176. The molecule has 2 amide bonds. The number of carbonyl (C=O) groups excluding carboxylic acids is 2. The number of amides is 2. The van der Waals surface area contributed by atoms with Crippen molar-refractivity contribution in [1.82, 2.24) is 19.8 Å². The van der Waals surface area contributed by atoms with Crippen LogP contribution in [0.4, 0.5) is 0 Å². The van der Waals surface area contributed by atoms with Crippen LogP contribution in [0.2, 0.25) is 0 Å². The first kappa shape index (κ1) is 17.1. The lowest BCUT2D eigenvalue weighted by atomic mass is 9.95. The number of nitrogens with zero attached hydrogens (tertiary/aromatic N) is 5. The summed E-state index contributed by atoms with van der Waals surface area (Å²) in [5.41, 5.74) is 0.156. The molecule has 2 aliphatic rings. The van der Waals surface area contributed by atoms with Crippen molar-refractivity contribution in [3.63, 3.8) is 0 Å². The van der Waals surface area contributed by atoms with E-state index in [4.69, 9.17) is 10.00 Å². The van der Waals surface area contributed by atoms with E-state index in [0.29, 0.717) is 45.4 Å². The van der Waals surface area contributed by atoms with Gasteiger partial charge in [0.05, 0.1) is 6.54 Å². The maximum atomic E-state index is 12.7. The SMILES string of the molecule is CC(=O)N1CCC(C(=O)N2CC[C@@H](Oc3nccnc3C#N)C2)CC1. The molecule has 0 N–H and O–H groups in total. The number of rotatable bonds is 3. The molecular weight excluding hydrogens is 322 g/mol. The summed E-state index contributed by atoms with van der Waals surface area (Å²) in [6.07, 6.45) is 4.89. The van der Waals surface area contributed by atoms with E-state index in [1.54, 1.807) is 11.8 Å². The molecule has 0 saturated carbocycles. The van der Waals surface area contributed by atoms with Gasteiger partial charge in [0.1, 0.15) is 12.2 Å². The second-order valence-corrected chi connectivity index (χ2v) is 6.42. The molecule has 0 aliphatic carbocycles. The number of likely N-dealkylation sites (tertiary alicyclic amines) is 2. The Bertz CT molecular complexity index is 694. The van der Waals surface area contributed by atoms with Crippen molar-refractivity contribution in [2.24, 2.45) is 5.92 Å². The molecule has 0 spiro atoms. The van der Waals surface area contributed by atoms with Crippen molar-refractivity contribution in [2.45, 2.75) is 32.3 Å². The molecule has 0 bridgehead atoms. The van der Waals surface area contributed by atoms with Crippen molar-refractivity contribution in [1.29, 1.82) is 5.26 Å². The van der Waals surface area contributed by atoms with Crippen LogP contribution in [0.3, 0.4) is 0 Å². The van der Waals surface area contributed by atoms with Crippen LogP contribution >= 0.6 is 0 Å². The first-order valence-electron chi connectivity index (χ1n) is 8.50. The predicted octanol–water partition coefficient (Wildman–Crippen LogP) is 0.586. The molecule has 0 radical (unpaired) electrons. The lowest BCUT2D eigenvalue weighted by molar-refractivity contribution is -0.139. The largest absolute Gasteiger partial charge is 0.470 e. The Hall–Kier alpha value is -2.69. The quantitative estimate of drug-likeness (QED) is 0.796. The van der Waals surface area contributed by atoms with Crippen LogP contribution in [0.5, 0.6) is 5.88 Å². The monoisotopic (exact) mass is 343 g/mol. The molecule has 1 atom stereocenters. The Morgan fingerprint density at radius 3 is 2.52 bits per heavy atom. The molecule has 3 rings (SSSR count). The molecule has 0 aromatic carbocycles. The normalized spacial score (nSPS) is 21.0. The number of hydrogen-bond acceptors (Lipinski definition) is 6. The van der Waals surface area contributed by atoms with Gasteiger partial charge in [0.25, 0.3) is 5.88 Å². The summed E-state index contributed by atoms with van der Waals surface area (Å²) in [6.45, 7) is 3.98. The second kappa shape index (κ2) is 7.47. The molecule has 2 saturated heterocycles. The molecular formula is C17H21N5O3. The zero-order valence-electron chi connectivity index (χ0n) is 14.2. The number of carbonyl (C=O) groups is 2. The highest BCUT2D eigenvalue weighted by Gasteiger charge is 2.34. The third-order valence-corrected chi connectivity index (χ3v) is 4.80. The highest BCUT2D eigenvalue weighted by molar-refractivity contribution is 5.80. The standard InChI is InChI=1S/C17H21N5O3/c1-12(23)21-7-2-13(3-8-21)17(24)22-9-4-14(11-22)25-16-15(10-18)19-5-6-20-16/h5-6,13-14H,2-4,7-9,11H2,1H3/t14-/m1/s1. The summed E-state index contributed by atoms with van der Waals surface area (Å²) in [7, 11) is 0. The zero-order chi connectivity index (χ0) is 17.8. The molecule has 8 nitrogen and oxygen atoms in total. The van der Waals surface area contributed by atoms with Crippen LogP contribution in [0, 0.1) is 17.2 Å². The van der Waals surface area contributed by atoms with E-state index in [1.165, 1.54) is 12.4 Å². The number of hydrogen-bond donors (Lipinski definition) is 0. The van der Waals surface area contributed by atoms with Gasteiger partial charge in [-0.05, 0) is 12.8 Å². The fraction of sp³-hybridized carbons (Fsp3) is 0.588. The van der Waals surface area contributed by atoms with Gasteiger partial charge in [0.15, 0.2) is 0 Å².